The van der Waals surface area contributed by atoms with Crippen LogP contribution in [0.15, 0.2) is 24.3 Å². The molecule has 1 N–H and O–H groups in total. The van der Waals surface area contributed by atoms with Gasteiger partial charge in [-0.15, -0.1) is 0 Å². The number of nitrogens with one attached hydrogen (secondary N) is 1. The van der Waals surface area contributed by atoms with Crippen molar-refractivity contribution in [3.05, 3.63) is 39.9 Å². The third-order valence-corrected chi connectivity index (χ3v) is 4.36. The van der Waals surface area contributed by atoms with E-state index in [1.54, 1.807) is 24.3 Å². The number of rotatable bonds is 7. The number of carbonyl (C=O) groups excluding carboxylic acids is 1. The molecule has 1 saturated heterocycles. The van der Waals surface area contributed by atoms with E-state index in [1.807, 2.05) is 0 Å². The Morgan fingerprint density at radius 1 is 1.22 bits per heavy atom. The van der Waals surface area contributed by atoms with Crippen LogP contribution in [0.1, 0.15) is 18.4 Å². The molecule has 1 aliphatic heterocycles. The summed E-state index contributed by atoms with van der Waals surface area (Å²) in [5.74, 6) is -0.132. The molecule has 0 bridgehead atoms. The third-order valence-electron chi connectivity index (χ3n) is 3.71. The van der Waals surface area contributed by atoms with Crippen molar-refractivity contribution >= 4 is 35.2 Å². The summed E-state index contributed by atoms with van der Waals surface area (Å²) < 4.78 is 5.31. The minimum absolute atomic E-state index is 0.132. The van der Waals surface area contributed by atoms with Gasteiger partial charge in [-0.05, 0) is 37.6 Å². The zero-order chi connectivity index (χ0) is 16.5. The molecule has 0 aliphatic carbocycles. The quantitative estimate of drug-likeness (QED) is 0.602. The number of nitrogens with zero attached hydrogens (tertiary/aromatic N) is 1. The average molecular weight is 357 g/mol. The Labute approximate surface area is 147 Å². The molecular formula is C17H22Cl2N2O2. The summed E-state index contributed by atoms with van der Waals surface area (Å²) >= 11 is 12.1. The lowest BCUT2D eigenvalue weighted by Gasteiger charge is -2.26. The van der Waals surface area contributed by atoms with Gasteiger partial charge in [-0.3, -0.25) is 9.69 Å². The minimum Gasteiger partial charge on any atom is -0.379 e. The topological polar surface area (TPSA) is 41.6 Å². The van der Waals surface area contributed by atoms with E-state index in [-0.39, 0.29) is 5.91 Å². The zero-order valence-corrected chi connectivity index (χ0v) is 14.6. The minimum atomic E-state index is -0.132. The lowest BCUT2D eigenvalue weighted by Crippen LogP contribution is -2.37. The summed E-state index contributed by atoms with van der Waals surface area (Å²) in [6.07, 6.45) is 5.15. The molecule has 0 aromatic heterocycles. The Hall–Kier alpha value is -1.07. The molecule has 1 aromatic carbocycles. The van der Waals surface area contributed by atoms with E-state index in [1.165, 1.54) is 6.08 Å². The van der Waals surface area contributed by atoms with Crippen LogP contribution in [0.2, 0.25) is 10.0 Å². The maximum Gasteiger partial charge on any atom is 0.244 e. The first-order valence-corrected chi connectivity index (χ1v) is 8.62. The van der Waals surface area contributed by atoms with Crippen LogP contribution in [0.25, 0.3) is 6.08 Å². The molecule has 1 aliphatic rings. The second-order valence-electron chi connectivity index (χ2n) is 5.42. The van der Waals surface area contributed by atoms with Crippen molar-refractivity contribution in [1.82, 2.24) is 10.2 Å². The van der Waals surface area contributed by atoms with E-state index in [9.17, 15) is 4.79 Å². The largest absolute Gasteiger partial charge is 0.379 e. The summed E-state index contributed by atoms with van der Waals surface area (Å²) in [4.78, 5) is 14.2. The highest BCUT2D eigenvalue weighted by atomic mass is 35.5. The summed E-state index contributed by atoms with van der Waals surface area (Å²) in [7, 11) is 0. The standard InChI is InChI=1S/C17H22Cl2N2O2/c18-15-4-3-5-16(19)14(15)6-7-17(22)20-8-1-2-9-21-10-12-23-13-11-21/h3-7H,1-2,8-13H2,(H,20,22). The van der Waals surface area contributed by atoms with Crippen LogP contribution >= 0.6 is 23.2 Å². The molecule has 1 heterocycles. The number of ether oxygens (including phenoxy) is 1. The van der Waals surface area contributed by atoms with Crippen LogP contribution in [0.5, 0.6) is 0 Å². The lowest BCUT2D eigenvalue weighted by atomic mass is 10.2. The third kappa shape index (κ3) is 6.51. The van der Waals surface area contributed by atoms with E-state index in [4.69, 9.17) is 27.9 Å². The number of morpholine rings is 1. The van der Waals surface area contributed by atoms with Gasteiger partial charge in [0.1, 0.15) is 0 Å². The van der Waals surface area contributed by atoms with E-state index in [0.29, 0.717) is 22.2 Å². The highest BCUT2D eigenvalue weighted by Gasteiger charge is 2.09. The highest BCUT2D eigenvalue weighted by molar-refractivity contribution is 6.37. The molecule has 126 valence electrons. The predicted molar refractivity (Wildman–Crippen MR) is 95.0 cm³/mol. The van der Waals surface area contributed by atoms with Crippen LogP contribution in [0, 0.1) is 0 Å². The molecule has 1 amide bonds. The number of carbonyl (C=O) groups is 1. The van der Waals surface area contributed by atoms with Crippen molar-refractivity contribution in [2.45, 2.75) is 12.8 Å². The van der Waals surface area contributed by atoms with Gasteiger partial charge in [0.15, 0.2) is 0 Å². The molecule has 0 radical (unpaired) electrons. The summed E-state index contributed by atoms with van der Waals surface area (Å²) in [5.41, 5.74) is 0.665. The molecule has 0 atom stereocenters. The van der Waals surface area contributed by atoms with E-state index < -0.39 is 0 Å². The van der Waals surface area contributed by atoms with Crippen LogP contribution in [0.3, 0.4) is 0 Å². The molecule has 6 heteroatoms. The molecule has 23 heavy (non-hydrogen) atoms. The maximum atomic E-state index is 11.8. The summed E-state index contributed by atoms with van der Waals surface area (Å²) in [5, 5.41) is 3.94. The first kappa shape index (κ1) is 18.3. The Morgan fingerprint density at radius 2 is 1.91 bits per heavy atom. The van der Waals surface area contributed by atoms with Crippen molar-refractivity contribution < 1.29 is 9.53 Å². The molecule has 1 fully saturated rings. The number of amides is 1. The Balaban J connectivity index is 1.64. The normalized spacial score (nSPS) is 15.9. The van der Waals surface area contributed by atoms with Gasteiger partial charge in [-0.2, -0.15) is 0 Å². The van der Waals surface area contributed by atoms with Crippen LogP contribution in [-0.4, -0.2) is 50.2 Å². The lowest BCUT2D eigenvalue weighted by molar-refractivity contribution is -0.116. The smallest absolute Gasteiger partial charge is 0.244 e. The second kappa shape index (κ2) is 9.93. The fourth-order valence-corrected chi connectivity index (χ4v) is 2.91. The second-order valence-corrected chi connectivity index (χ2v) is 6.24. The first-order valence-electron chi connectivity index (χ1n) is 7.87. The SMILES string of the molecule is O=C(C=Cc1c(Cl)cccc1Cl)NCCCCN1CCOCC1. The maximum absolute atomic E-state index is 11.8. The fraction of sp³-hybridized carbons (Fsp3) is 0.471. The molecule has 2 rings (SSSR count). The van der Waals surface area contributed by atoms with Crippen LogP contribution in [0.4, 0.5) is 0 Å². The number of hydrogen-bond donors (Lipinski definition) is 1. The number of unbranched alkanes of at least 4 members (excludes halogenated alkanes) is 1. The molecule has 0 saturated carbocycles. The van der Waals surface area contributed by atoms with Gasteiger partial charge >= 0.3 is 0 Å². The van der Waals surface area contributed by atoms with Crippen molar-refractivity contribution in [2.24, 2.45) is 0 Å². The molecule has 1 aromatic rings. The van der Waals surface area contributed by atoms with E-state index in [2.05, 4.69) is 10.2 Å². The molecule has 4 nitrogen and oxygen atoms in total. The van der Waals surface area contributed by atoms with Crippen LogP contribution < -0.4 is 5.32 Å². The number of hydrogen-bond acceptors (Lipinski definition) is 3. The van der Waals surface area contributed by atoms with Gasteiger partial charge in [0.05, 0.1) is 13.2 Å². The summed E-state index contributed by atoms with van der Waals surface area (Å²) in [6, 6.07) is 5.27. The average Bonchev–Trinajstić information content (AvgIpc) is 2.55. The fourth-order valence-electron chi connectivity index (χ4n) is 2.38. The van der Waals surface area contributed by atoms with Crippen molar-refractivity contribution in [3.63, 3.8) is 0 Å². The van der Waals surface area contributed by atoms with Gasteiger partial charge < -0.3 is 10.1 Å². The van der Waals surface area contributed by atoms with Crippen LogP contribution in [-0.2, 0) is 9.53 Å². The van der Waals surface area contributed by atoms with Crippen molar-refractivity contribution in [1.29, 1.82) is 0 Å². The van der Waals surface area contributed by atoms with Gasteiger partial charge in [0.2, 0.25) is 5.91 Å². The van der Waals surface area contributed by atoms with E-state index in [0.717, 1.165) is 45.7 Å². The highest BCUT2D eigenvalue weighted by Crippen LogP contribution is 2.25. The van der Waals surface area contributed by atoms with Gasteiger partial charge in [-0.25, -0.2) is 0 Å². The van der Waals surface area contributed by atoms with Crippen molar-refractivity contribution in [3.8, 4) is 0 Å². The van der Waals surface area contributed by atoms with Gasteiger partial charge in [-0.1, -0.05) is 29.3 Å². The molecular weight excluding hydrogens is 335 g/mol. The first-order chi connectivity index (χ1) is 11.2. The molecule has 0 unspecified atom stereocenters. The Bertz CT molecular complexity index is 523. The number of benzene rings is 1. The van der Waals surface area contributed by atoms with Gasteiger partial charge in [0.25, 0.3) is 0 Å². The Morgan fingerprint density at radius 3 is 2.61 bits per heavy atom. The summed E-state index contributed by atoms with van der Waals surface area (Å²) in [6.45, 7) is 5.40. The monoisotopic (exact) mass is 356 g/mol. The zero-order valence-electron chi connectivity index (χ0n) is 13.1. The van der Waals surface area contributed by atoms with Gasteiger partial charge in [0, 0.05) is 41.3 Å². The predicted octanol–water partition coefficient (Wildman–Crippen LogP) is 3.24. The molecule has 0 spiro atoms. The van der Waals surface area contributed by atoms with E-state index >= 15 is 0 Å². The Kier molecular flexibility index (Phi) is 7.89. The number of halogens is 2. The van der Waals surface area contributed by atoms with Crippen molar-refractivity contribution in [2.75, 3.05) is 39.4 Å².